The van der Waals surface area contributed by atoms with Crippen LogP contribution >= 0.6 is 0 Å². The van der Waals surface area contributed by atoms with Gasteiger partial charge in [0, 0.05) is 0 Å². The summed E-state index contributed by atoms with van der Waals surface area (Å²) in [7, 11) is -4.09. The first-order valence-electron chi connectivity index (χ1n) is 9.71. The van der Waals surface area contributed by atoms with E-state index in [1.165, 1.54) is 12.1 Å². The molecule has 0 aromatic heterocycles. The van der Waals surface area contributed by atoms with Crippen LogP contribution in [0.3, 0.4) is 0 Å². The van der Waals surface area contributed by atoms with E-state index in [2.05, 4.69) is 13.8 Å². The molecule has 0 saturated heterocycles. The molecule has 3 aromatic rings. The van der Waals surface area contributed by atoms with Gasteiger partial charge in [0.05, 0.1) is 10.6 Å². The molecule has 1 amide bonds. The first kappa shape index (κ1) is 21.6. The van der Waals surface area contributed by atoms with E-state index in [0.29, 0.717) is 11.7 Å². The van der Waals surface area contributed by atoms with Crippen molar-refractivity contribution < 1.29 is 17.9 Å². The van der Waals surface area contributed by atoms with Crippen molar-refractivity contribution >= 4 is 21.6 Å². The molecule has 0 fully saturated rings. The highest BCUT2D eigenvalue weighted by Crippen LogP contribution is 2.25. The number of anilines is 1. The monoisotopic (exact) mass is 423 g/mol. The first-order chi connectivity index (χ1) is 14.3. The molecule has 0 bridgehead atoms. The maximum Gasteiger partial charge on any atom is 0.278 e. The van der Waals surface area contributed by atoms with Gasteiger partial charge in [-0.3, -0.25) is 4.79 Å². The molecule has 0 radical (unpaired) electrons. The average Bonchev–Trinajstić information content (AvgIpc) is 2.73. The predicted octanol–water partition coefficient (Wildman–Crippen LogP) is 4.92. The highest BCUT2D eigenvalue weighted by atomic mass is 32.2. The van der Waals surface area contributed by atoms with Gasteiger partial charge in [-0.05, 0) is 54.8 Å². The fourth-order valence-corrected chi connectivity index (χ4v) is 4.37. The second kappa shape index (κ2) is 9.13. The predicted molar refractivity (Wildman–Crippen MR) is 118 cm³/mol. The van der Waals surface area contributed by atoms with Crippen LogP contribution in [-0.4, -0.2) is 20.9 Å². The Bertz CT molecular complexity index is 1110. The Labute approximate surface area is 178 Å². The van der Waals surface area contributed by atoms with Gasteiger partial charge in [-0.25, -0.2) is 8.42 Å². The Kier molecular flexibility index (Phi) is 6.57. The number of benzene rings is 3. The van der Waals surface area contributed by atoms with Gasteiger partial charge in [-0.1, -0.05) is 61.9 Å². The Balaban J connectivity index is 1.90. The summed E-state index contributed by atoms with van der Waals surface area (Å²) in [5.74, 6) is 0.166. The Morgan fingerprint density at radius 1 is 0.933 bits per heavy atom. The lowest BCUT2D eigenvalue weighted by atomic mass is 10.0. The zero-order valence-electron chi connectivity index (χ0n) is 17.3. The van der Waals surface area contributed by atoms with Crippen LogP contribution < -0.4 is 9.04 Å². The molecule has 0 unspecified atom stereocenters. The van der Waals surface area contributed by atoms with Gasteiger partial charge in [-0.15, -0.1) is 0 Å². The number of rotatable bonds is 7. The van der Waals surface area contributed by atoms with Crippen LogP contribution in [0.5, 0.6) is 5.75 Å². The number of ether oxygens (including phenoxy) is 1. The van der Waals surface area contributed by atoms with Crippen molar-refractivity contribution in [1.82, 2.24) is 0 Å². The molecule has 0 heterocycles. The van der Waals surface area contributed by atoms with E-state index in [1.807, 2.05) is 25.1 Å². The van der Waals surface area contributed by atoms with Crippen molar-refractivity contribution in [3.63, 3.8) is 0 Å². The Morgan fingerprint density at radius 2 is 1.60 bits per heavy atom. The minimum Gasteiger partial charge on any atom is -0.484 e. The largest absolute Gasteiger partial charge is 0.484 e. The highest BCUT2D eigenvalue weighted by Gasteiger charge is 2.31. The number of para-hydroxylation sites is 1. The molecule has 6 heteroatoms. The molecular formula is C24H25NO4S. The molecule has 0 saturated carbocycles. The topological polar surface area (TPSA) is 63.7 Å². The van der Waals surface area contributed by atoms with Gasteiger partial charge in [0.1, 0.15) is 5.75 Å². The summed E-state index contributed by atoms with van der Waals surface area (Å²) in [6.07, 6.45) is 0. The van der Waals surface area contributed by atoms with Crippen LogP contribution in [0.1, 0.15) is 30.9 Å². The summed E-state index contributed by atoms with van der Waals surface area (Å²) in [6.45, 7) is 5.60. The lowest BCUT2D eigenvalue weighted by molar-refractivity contribution is -0.119. The third-order valence-electron chi connectivity index (χ3n) is 4.66. The molecule has 0 aliphatic rings. The number of sulfonamides is 1. The van der Waals surface area contributed by atoms with Crippen molar-refractivity contribution in [2.45, 2.75) is 31.6 Å². The standard InChI is InChI=1S/C24H25NO4S/c1-18(2)20-8-7-11-22(16-20)29-17-24(26)25(21-9-5-4-6-10-21)30(27,28)23-14-12-19(3)13-15-23/h4-16,18H,17H2,1-3H3. The summed E-state index contributed by atoms with van der Waals surface area (Å²) in [4.78, 5) is 13.1. The third-order valence-corrected chi connectivity index (χ3v) is 6.43. The van der Waals surface area contributed by atoms with E-state index in [9.17, 15) is 13.2 Å². The second-order valence-corrected chi connectivity index (χ2v) is 9.11. The second-order valence-electron chi connectivity index (χ2n) is 7.33. The van der Waals surface area contributed by atoms with Gasteiger partial charge in [0.2, 0.25) is 0 Å². The lowest BCUT2D eigenvalue weighted by Gasteiger charge is -2.23. The number of hydrogen-bond donors (Lipinski definition) is 0. The fourth-order valence-electron chi connectivity index (χ4n) is 2.96. The fraction of sp³-hybridized carbons (Fsp3) is 0.208. The molecule has 0 spiro atoms. The van der Waals surface area contributed by atoms with Crippen LogP contribution in [0.25, 0.3) is 0 Å². The minimum atomic E-state index is -4.09. The average molecular weight is 424 g/mol. The van der Waals surface area contributed by atoms with Crippen molar-refractivity contribution in [2.24, 2.45) is 0 Å². The van der Waals surface area contributed by atoms with E-state index in [1.54, 1.807) is 48.5 Å². The maximum absolute atomic E-state index is 13.3. The van der Waals surface area contributed by atoms with Crippen molar-refractivity contribution in [2.75, 3.05) is 10.9 Å². The summed E-state index contributed by atoms with van der Waals surface area (Å²) >= 11 is 0. The normalized spacial score (nSPS) is 11.3. The van der Waals surface area contributed by atoms with E-state index >= 15 is 0 Å². The smallest absolute Gasteiger partial charge is 0.278 e. The van der Waals surface area contributed by atoms with Crippen molar-refractivity contribution in [3.8, 4) is 5.75 Å². The van der Waals surface area contributed by atoms with Crippen LogP contribution in [0.2, 0.25) is 0 Å². The number of carbonyl (C=O) groups excluding carboxylic acids is 1. The summed E-state index contributed by atoms with van der Waals surface area (Å²) < 4.78 is 33.0. The molecule has 0 N–H and O–H groups in total. The highest BCUT2D eigenvalue weighted by molar-refractivity contribution is 7.93. The Hall–Kier alpha value is -3.12. The van der Waals surface area contributed by atoms with Crippen LogP contribution in [0.15, 0.2) is 83.8 Å². The van der Waals surface area contributed by atoms with Gasteiger partial charge in [-0.2, -0.15) is 4.31 Å². The number of carbonyl (C=O) groups is 1. The van der Waals surface area contributed by atoms with E-state index in [4.69, 9.17) is 4.74 Å². The van der Waals surface area contributed by atoms with Crippen LogP contribution in [-0.2, 0) is 14.8 Å². The molecule has 156 valence electrons. The first-order valence-corrected chi connectivity index (χ1v) is 11.2. The molecule has 3 rings (SSSR count). The summed E-state index contributed by atoms with van der Waals surface area (Å²) in [6, 6.07) is 22.2. The van der Waals surface area contributed by atoms with E-state index in [-0.39, 0.29) is 10.6 Å². The number of hydrogen-bond acceptors (Lipinski definition) is 4. The zero-order chi connectivity index (χ0) is 21.7. The molecule has 30 heavy (non-hydrogen) atoms. The van der Waals surface area contributed by atoms with Gasteiger partial charge in [0.25, 0.3) is 15.9 Å². The number of aryl methyl sites for hydroxylation is 1. The van der Waals surface area contributed by atoms with Crippen LogP contribution in [0, 0.1) is 6.92 Å². The maximum atomic E-state index is 13.3. The lowest BCUT2D eigenvalue weighted by Crippen LogP contribution is -2.40. The SMILES string of the molecule is Cc1ccc(S(=O)(=O)N(C(=O)COc2cccc(C(C)C)c2)c2ccccc2)cc1. The summed E-state index contributed by atoms with van der Waals surface area (Å²) in [5.41, 5.74) is 2.27. The van der Waals surface area contributed by atoms with Gasteiger partial charge in [0.15, 0.2) is 6.61 Å². The van der Waals surface area contributed by atoms with E-state index in [0.717, 1.165) is 15.4 Å². The third kappa shape index (κ3) is 4.89. The molecule has 3 aromatic carbocycles. The molecule has 0 aliphatic carbocycles. The van der Waals surface area contributed by atoms with Crippen molar-refractivity contribution in [1.29, 1.82) is 0 Å². The molecule has 0 aliphatic heterocycles. The van der Waals surface area contributed by atoms with Gasteiger partial charge < -0.3 is 4.74 Å². The van der Waals surface area contributed by atoms with Crippen LogP contribution in [0.4, 0.5) is 5.69 Å². The minimum absolute atomic E-state index is 0.0482. The van der Waals surface area contributed by atoms with Crippen molar-refractivity contribution in [3.05, 3.63) is 90.0 Å². The molecular weight excluding hydrogens is 398 g/mol. The summed E-state index contributed by atoms with van der Waals surface area (Å²) in [5, 5.41) is 0. The number of nitrogens with zero attached hydrogens (tertiary/aromatic N) is 1. The zero-order valence-corrected chi connectivity index (χ0v) is 18.1. The Morgan fingerprint density at radius 3 is 2.23 bits per heavy atom. The molecule has 0 atom stereocenters. The quantitative estimate of drug-likeness (QED) is 0.541. The van der Waals surface area contributed by atoms with E-state index < -0.39 is 22.5 Å². The molecule has 5 nitrogen and oxygen atoms in total. The van der Waals surface area contributed by atoms with Gasteiger partial charge >= 0.3 is 0 Å². The number of amides is 1.